The lowest BCUT2D eigenvalue weighted by Crippen LogP contribution is -2.47. The van der Waals surface area contributed by atoms with Gasteiger partial charge in [0.05, 0.1) is 12.6 Å². The maximum absolute atomic E-state index is 13.2. The third-order valence-electron chi connectivity index (χ3n) is 6.48. The number of thiophene rings is 2. The molecule has 4 heterocycles. The SMILES string of the molecule is O=C(Nc1ccccc1)C1CCN(C(=O)CN2CCc3sccc3[C@@H]2c2cccs2)CC1. The summed E-state index contributed by atoms with van der Waals surface area (Å²) in [5.41, 5.74) is 2.18. The predicted molar refractivity (Wildman–Crippen MR) is 130 cm³/mol. The van der Waals surface area contributed by atoms with Crippen LogP contribution >= 0.6 is 22.7 Å². The van der Waals surface area contributed by atoms with Crippen LogP contribution in [0.2, 0.25) is 0 Å². The number of carbonyl (C=O) groups is 2. The van der Waals surface area contributed by atoms with Gasteiger partial charge in [0.2, 0.25) is 11.8 Å². The molecule has 0 aliphatic carbocycles. The molecule has 2 aliphatic rings. The van der Waals surface area contributed by atoms with Crippen LogP contribution in [0.1, 0.15) is 34.2 Å². The van der Waals surface area contributed by atoms with Crippen LogP contribution in [0.15, 0.2) is 59.3 Å². The highest BCUT2D eigenvalue weighted by molar-refractivity contribution is 7.10. The van der Waals surface area contributed by atoms with Crippen LogP contribution in [0, 0.1) is 5.92 Å². The van der Waals surface area contributed by atoms with E-state index in [1.54, 1.807) is 11.3 Å². The highest BCUT2D eigenvalue weighted by atomic mass is 32.1. The molecule has 2 amide bonds. The van der Waals surface area contributed by atoms with Crippen molar-refractivity contribution in [2.75, 3.05) is 31.5 Å². The average molecular weight is 466 g/mol. The second-order valence-electron chi connectivity index (χ2n) is 8.45. The summed E-state index contributed by atoms with van der Waals surface area (Å²) in [6.45, 7) is 2.62. The number of nitrogens with one attached hydrogen (secondary N) is 1. The van der Waals surface area contributed by atoms with Gasteiger partial charge in [0.15, 0.2) is 0 Å². The molecule has 1 N–H and O–H groups in total. The Labute approximate surface area is 196 Å². The molecular weight excluding hydrogens is 438 g/mol. The molecule has 0 saturated carbocycles. The highest BCUT2D eigenvalue weighted by Gasteiger charge is 2.34. The van der Waals surface area contributed by atoms with E-state index in [0.717, 1.165) is 18.7 Å². The van der Waals surface area contributed by atoms with Gasteiger partial charge in [-0.15, -0.1) is 22.7 Å². The van der Waals surface area contributed by atoms with Crippen LogP contribution in [0.5, 0.6) is 0 Å². The van der Waals surface area contributed by atoms with Crippen molar-refractivity contribution >= 4 is 40.2 Å². The first-order valence-corrected chi connectivity index (χ1v) is 12.9. The quantitative estimate of drug-likeness (QED) is 0.598. The fourth-order valence-corrected chi connectivity index (χ4v) is 6.53. The number of para-hydroxylation sites is 1. The van der Waals surface area contributed by atoms with Gasteiger partial charge in [0.25, 0.3) is 0 Å². The third kappa shape index (κ3) is 4.51. The van der Waals surface area contributed by atoms with Gasteiger partial charge >= 0.3 is 0 Å². The van der Waals surface area contributed by atoms with Crippen LogP contribution in [0.25, 0.3) is 0 Å². The number of likely N-dealkylation sites (tertiary alicyclic amines) is 1. The number of hydrogen-bond acceptors (Lipinski definition) is 5. The fourth-order valence-electron chi connectivity index (χ4n) is 4.75. The number of benzene rings is 1. The summed E-state index contributed by atoms with van der Waals surface area (Å²) in [7, 11) is 0. The molecule has 32 heavy (non-hydrogen) atoms. The van der Waals surface area contributed by atoms with Gasteiger partial charge in [-0.1, -0.05) is 24.3 Å². The molecule has 5 rings (SSSR count). The molecule has 3 aromatic rings. The maximum atomic E-state index is 13.2. The molecule has 1 atom stereocenters. The zero-order chi connectivity index (χ0) is 21.9. The lowest BCUT2D eigenvalue weighted by Gasteiger charge is -2.37. The van der Waals surface area contributed by atoms with E-state index < -0.39 is 0 Å². The topological polar surface area (TPSA) is 52.7 Å². The van der Waals surface area contributed by atoms with Crippen molar-refractivity contribution in [3.8, 4) is 0 Å². The summed E-state index contributed by atoms with van der Waals surface area (Å²) in [6, 6.07) is 16.2. The van der Waals surface area contributed by atoms with Crippen molar-refractivity contribution in [1.29, 1.82) is 0 Å². The van der Waals surface area contributed by atoms with E-state index in [4.69, 9.17) is 0 Å². The van der Waals surface area contributed by atoms with E-state index in [2.05, 4.69) is 39.2 Å². The van der Waals surface area contributed by atoms with E-state index in [1.807, 2.05) is 46.6 Å². The minimum Gasteiger partial charge on any atom is -0.342 e. The van der Waals surface area contributed by atoms with Crippen molar-refractivity contribution in [1.82, 2.24) is 9.80 Å². The van der Waals surface area contributed by atoms with Gasteiger partial charge < -0.3 is 10.2 Å². The Morgan fingerprint density at radius 2 is 1.75 bits per heavy atom. The first-order valence-electron chi connectivity index (χ1n) is 11.2. The molecule has 5 nitrogen and oxygen atoms in total. The molecule has 7 heteroatoms. The Morgan fingerprint density at radius 3 is 2.50 bits per heavy atom. The van der Waals surface area contributed by atoms with Crippen LogP contribution in [-0.2, 0) is 16.0 Å². The highest BCUT2D eigenvalue weighted by Crippen LogP contribution is 2.39. The van der Waals surface area contributed by atoms with Crippen molar-refractivity contribution in [2.24, 2.45) is 5.92 Å². The minimum absolute atomic E-state index is 0.0403. The van der Waals surface area contributed by atoms with Gasteiger partial charge in [-0.3, -0.25) is 14.5 Å². The Morgan fingerprint density at radius 1 is 0.938 bits per heavy atom. The zero-order valence-corrected chi connectivity index (χ0v) is 19.5. The number of hydrogen-bond donors (Lipinski definition) is 1. The zero-order valence-electron chi connectivity index (χ0n) is 17.9. The molecule has 2 aliphatic heterocycles. The number of fused-ring (bicyclic) bond motifs is 1. The van der Waals surface area contributed by atoms with Gasteiger partial charge in [0.1, 0.15) is 0 Å². The molecule has 0 bridgehead atoms. The summed E-state index contributed by atoms with van der Waals surface area (Å²) in [4.78, 5) is 32.8. The Kier molecular flexibility index (Phi) is 6.39. The van der Waals surface area contributed by atoms with Gasteiger partial charge in [-0.05, 0) is 59.9 Å². The number of nitrogens with zero attached hydrogens (tertiary/aromatic N) is 2. The monoisotopic (exact) mass is 465 g/mol. The van der Waals surface area contributed by atoms with E-state index >= 15 is 0 Å². The number of amides is 2. The Bertz CT molecular complexity index is 1060. The number of anilines is 1. The molecule has 0 unspecified atom stereocenters. The number of piperidine rings is 1. The molecule has 1 aromatic carbocycles. The predicted octanol–water partition coefficient (Wildman–Crippen LogP) is 4.63. The Hall–Kier alpha value is -2.48. The fraction of sp³-hybridized carbons (Fsp3) is 0.360. The normalized spacial score (nSPS) is 19.5. The van der Waals surface area contributed by atoms with Gasteiger partial charge in [0, 0.05) is 41.0 Å². The molecule has 0 spiro atoms. The van der Waals surface area contributed by atoms with Crippen LogP contribution < -0.4 is 5.32 Å². The summed E-state index contributed by atoms with van der Waals surface area (Å²) in [5.74, 6) is 0.190. The smallest absolute Gasteiger partial charge is 0.236 e. The van der Waals surface area contributed by atoms with Crippen LogP contribution in [0.3, 0.4) is 0 Å². The molecule has 166 valence electrons. The van der Waals surface area contributed by atoms with Gasteiger partial charge in [-0.2, -0.15) is 0 Å². The largest absolute Gasteiger partial charge is 0.342 e. The van der Waals surface area contributed by atoms with Crippen molar-refractivity contribution in [2.45, 2.75) is 25.3 Å². The second kappa shape index (κ2) is 9.57. The summed E-state index contributed by atoms with van der Waals surface area (Å²) in [6.07, 6.45) is 2.44. The molecule has 0 radical (unpaired) electrons. The first-order chi connectivity index (χ1) is 15.7. The van der Waals surface area contributed by atoms with Crippen molar-refractivity contribution in [3.05, 3.63) is 74.6 Å². The van der Waals surface area contributed by atoms with E-state index in [-0.39, 0.29) is 23.8 Å². The van der Waals surface area contributed by atoms with E-state index in [9.17, 15) is 9.59 Å². The Balaban J connectivity index is 1.19. The van der Waals surface area contributed by atoms with Crippen LogP contribution in [0.4, 0.5) is 5.69 Å². The first kappa shape index (κ1) is 21.4. The summed E-state index contributed by atoms with van der Waals surface area (Å²) < 4.78 is 0. The molecular formula is C25H27N3O2S2. The average Bonchev–Trinajstić information content (AvgIpc) is 3.52. The standard InChI is InChI=1S/C25H27N3O2S2/c29-23(27-12-8-18(9-13-27)25(30)26-19-5-2-1-3-6-19)17-28-14-10-21-20(11-16-32-21)24(28)22-7-4-15-31-22/h1-7,11,15-16,18,24H,8-10,12-14,17H2,(H,26,30)/t24-/m1/s1. The molecule has 1 fully saturated rings. The summed E-state index contributed by atoms with van der Waals surface area (Å²) in [5, 5.41) is 7.28. The van der Waals surface area contributed by atoms with Crippen LogP contribution in [-0.4, -0.2) is 47.8 Å². The minimum atomic E-state index is -0.0403. The molecule has 1 saturated heterocycles. The summed E-state index contributed by atoms with van der Waals surface area (Å²) >= 11 is 3.58. The van der Waals surface area contributed by atoms with Crippen molar-refractivity contribution < 1.29 is 9.59 Å². The van der Waals surface area contributed by atoms with E-state index in [0.29, 0.717) is 32.5 Å². The maximum Gasteiger partial charge on any atom is 0.236 e. The van der Waals surface area contributed by atoms with E-state index in [1.165, 1.54) is 15.3 Å². The lowest BCUT2D eigenvalue weighted by molar-refractivity contribution is -0.136. The van der Waals surface area contributed by atoms with Gasteiger partial charge in [-0.25, -0.2) is 0 Å². The number of carbonyl (C=O) groups excluding carboxylic acids is 2. The second-order valence-corrected chi connectivity index (χ2v) is 10.4. The van der Waals surface area contributed by atoms with Crippen molar-refractivity contribution in [3.63, 3.8) is 0 Å². The number of rotatable bonds is 5. The molecule has 2 aromatic heterocycles. The lowest BCUT2D eigenvalue weighted by atomic mass is 9.95. The third-order valence-corrected chi connectivity index (χ3v) is 8.40.